The fraction of sp³-hybridized carbons (Fsp3) is 0.538. The quantitative estimate of drug-likeness (QED) is 0.931. The largest absolute Gasteiger partial charge is 0.334 e. The first-order valence-corrected chi connectivity index (χ1v) is 7.15. The van der Waals surface area contributed by atoms with E-state index in [9.17, 15) is 4.79 Å². The summed E-state index contributed by atoms with van der Waals surface area (Å²) in [7, 11) is 0. The van der Waals surface area contributed by atoms with Gasteiger partial charge in [-0.05, 0) is 60.3 Å². The molecule has 0 spiro atoms. The van der Waals surface area contributed by atoms with Crippen molar-refractivity contribution in [2.75, 3.05) is 13.1 Å². The van der Waals surface area contributed by atoms with E-state index in [0.29, 0.717) is 12.2 Å². The molecule has 4 nitrogen and oxygen atoms in total. The lowest BCUT2D eigenvalue weighted by molar-refractivity contribution is 0.0598. The lowest BCUT2D eigenvalue weighted by Crippen LogP contribution is -2.45. The van der Waals surface area contributed by atoms with Crippen molar-refractivity contribution in [2.24, 2.45) is 5.73 Å². The zero-order valence-corrected chi connectivity index (χ0v) is 11.9. The van der Waals surface area contributed by atoms with Gasteiger partial charge < -0.3 is 10.6 Å². The van der Waals surface area contributed by atoms with Crippen molar-refractivity contribution in [1.29, 1.82) is 0 Å². The van der Waals surface area contributed by atoms with Crippen LogP contribution in [0.25, 0.3) is 0 Å². The predicted octanol–water partition coefficient (Wildman–Crippen LogP) is 2.19. The second-order valence-corrected chi connectivity index (χ2v) is 5.41. The van der Waals surface area contributed by atoms with E-state index in [1.165, 1.54) is 6.42 Å². The highest BCUT2D eigenvalue weighted by Crippen LogP contribution is 2.23. The molecule has 1 amide bonds. The maximum Gasteiger partial charge on any atom is 0.273 e. The number of piperidine rings is 1. The van der Waals surface area contributed by atoms with E-state index >= 15 is 0 Å². The molecule has 1 aromatic rings. The van der Waals surface area contributed by atoms with Crippen LogP contribution in [0.15, 0.2) is 22.8 Å². The summed E-state index contributed by atoms with van der Waals surface area (Å²) in [5.74, 6) is 0.0145. The van der Waals surface area contributed by atoms with Gasteiger partial charge in [0.1, 0.15) is 5.69 Å². The minimum Gasteiger partial charge on any atom is -0.334 e. The fourth-order valence-electron chi connectivity index (χ4n) is 2.44. The molecule has 18 heavy (non-hydrogen) atoms. The Kier molecular flexibility index (Phi) is 4.72. The van der Waals surface area contributed by atoms with E-state index in [4.69, 9.17) is 5.73 Å². The van der Waals surface area contributed by atoms with E-state index in [1.807, 2.05) is 17.0 Å². The summed E-state index contributed by atoms with van der Waals surface area (Å²) in [5.41, 5.74) is 6.13. The van der Waals surface area contributed by atoms with Crippen LogP contribution in [0.2, 0.25) is 0 Å². The Morgan fingerprint density at radius 3 is 3.11 bits per heavy atom. The van der Waals surface area contributed by atoms with E-state index in [1.54, 1.807) is 6.20 Å². The van der Waals surface area contributed by atoms with Gasteiger partial charge in [-0.15, -0.1) is 0 Å². The number of rotatable bonds is 3. The highest BCUT2D eigenvalue weighted by molar-refractivity contribution is 9.10. The number of hydrogen-bond acceptors (Lipinski definition) is 3. The van der Waals surface area contributed by atoms with Gasteiger partial charge in [-0.3, -0.25) is 4.79 Å². The zero-order valence-electron chi connectivity index (χ0n) is 10.3. The lowest BCUT2D eigenvalue weighted by atomic mass is 9.99. The van der Waals surface area contributed by atoms with E-state index in [-0.39, 0.29) is 11.9 Å². The van der Waals surface area contributed by atoms with Crippen molar-refractivity contribution in [3.05, 3.63) is 28.5 Å². The fourth-order valence-corrected chi connectivity index (χ4v) is 2.86. The third kappa shape index (κ3) is 2.90. The number of hydrogen-bond donors (Lipinski definition) is 1. The summed E-state index contributed by atoms with van der Waals surface area (Å²) in [6.45, 7) is 1.43. The SMILES string of the molecule is NCCC1CCCCN1C(=O)c1ncccc1Br. The van der Waals surface area contributed by atoms with Crippen LogP contribution < -0.4 is 5.73 Å². The minimum atomic E-state index is 0.0145. The smallest absolute Gasteiger partial charge is 0.273 e. The third-order valence-electron chi connectivity index (χ3n) is 3.35. The van der Waals surface area contributed by atoms with E-state index < -0.39 is 0 Å². The Bertz CT molecular complexity index is 422. The zero-order chi connectivity index (χ0) is 13.0. The van der Waals surface area contributed by atoms with Gasteiger partial charge in [-0.2, -0.15) is 0 Å². The molecule has 1 atom stereocenters. The maximum absolute atomic E-state index is 12.5. The van der Waals surface area contributed by atoms with Crippen molar-refractivity contribution < 1.29 is 4.79 Å². The van der Waals surface area contributed by atoms with Crippen LogP contribution in [-0.2, 0) is 0 Å². The van der Waals surface area contributed by atoms with Gasteiger partial charge in [0.05, 0.1) is 0 Å². The van der Waals surface area contributed by atoms with E-state index in [0.717, 1.165) is 30.3 Å². The van der Waals surface area contributed by atoms with Crippen LogP contribution >= 0.6 is 15.9 Å². The molecular formula is C13H18BrN3O. The molecule has 1 saturated heterocycles. The van der Waals surface area contributed by atoms with Crippen molar-refractivity contribution in [2.45, 2.75) is 31.7 Å². The Hall–Kier alpha value is -0.940. The van der Waals surface area contributed by atoms with Crippen LogP contribution in [-0.4, -0.2) is 34.9 Å². The van der Waals surface area contributed by atoms with Gasteiger partial charge in [0.2, 0.25) is 0 Å². The van der Waals surface area contributed by atoms with Gasteiger partial charge in [0, 0.05) is 23.3 Å². The topological polar surface area (TPSA) is 59.2 Å². The second kappa shape index (κ2) is 6.29. The molecule has 0 bridgehead atoms. The number of aromatic nitrogens is 1. The lowest BCUT2D eigenvalue weighted by Gasteiger charge is -2.35. The average Bonchev–Trinajstić information content (AvgIpc) is 2.40. The van der Waals surface area contributed by atoms with Crippen LogP contribution in [0.4, 0.5) is 0 Å². The Balaban J connectivity index is 2.18. The monoisotopic (exact) mass is 311 g/mol. The van der Waals surface area contributed by atoms with Crippen molar-refractivity contribution in [3.63, 3.8) is 0 Å². The third-order valence-corrected chi connectivity index (χ3v) is 3.99. The normalized spacial score (nSPS) is 19.9. The molecule has 1 unspecified atom stereocenters. The van der Waals surface area contributed by atoms with Gasteiger partial charge >= 0.3 is 0 Å². The first-order chi connectivity index (χ1) is 8.74. The molecule has 2 heterocycles. The maximum atomic E-state index is 12.5. The number of likely N-dealkylation sites (tertiary alicyclic amines) is 1. The molecular weight excluding hydrogens is 294 g/mol. The number of halogens is 1. The van der Waals surface area contributed by atoms with Crippen LogP contribution in [0.1, 0.15) is 36.2 Å². The Morgan fingerprint density at radius 2 is 2.39 bits per heavy atom. The van der Waals surface area contributed by atoms with Crippen molar-refractivity contribution in [1.82, 2.24) is 9.88 Å². The van der Waals surface area contributed by atoms with E-state index in [2.05, 4.69) is 20.9 Å². The minimum absolute atomic E-state index is 0.0145. The Labute approximate surface area is 116 Å². The standard InChI is InChI=1S/C13H18BrN3O/c14-11-5-3-8-16-12(11)13(18)17-9-2-1-4-10(17)6-7-15/h3,5,8,10H,1-2,4,6-7,9,15H2. The predicted molar refractivity (Wildman–Crippen MR) is 74.3 cm³/mol. The first-order valence-electron chi connectivity index (χ1n) is 6.35. The van der Waals surface area contributed by atoms with Gasteiger partial charge in [-0.25, -0.2) is 4.98 Å². The Morgan fingerprint density at radius 1 is 1.56 bits per heavy atom. The molecule has 0 aromatic carbocycles. The molecule has 2 rings (SSSR count). The van der Waals surface area contributed by atoms with Gasteiger partial charge in [-0.1, -0.05) is 0 Å². The van der Waals surface area contributed by atoms with Crippen molar-refractivity contribution >= 4 is 21.8 Å². The summed E-state index contributed by atoms with van der Waals surface area (Å²) in [4.78, 5) is 18.6. The highest BCUT2D eigenvalue weighted by Gasteiger charge is 2.28. The number of carbonyl (C=O) groups is 1. The molecule has 1 aromatic heterocycles. The highest BCUT2D eigenvalue weighted by atomic mass is 79.9. The average molecular weight is 312 g/mol. The number of nitrogens with two attached hydrogens (primary N) is 1. The summed E-state index contributed by atoms with van der Waals surface area (Å²) >= 11 is 3.39. The van der Waals surface area contributed by atoms with Crippen LogP contribution in [0, 0.1) is 0 Å². The molecule has 0 aliphatic carbocycles. The molecule has 1 aliphatic rings. The second-order valence-electron chi connectivity index (χ2n) is 4.56. The molecule has 98 valence electrons. The van der Waals surface area contributed by atoms with Gasteiger partial charge in [0.15, 0.2) is 0 Å². The molecule has 1 aliphatic heterocycles. The van der Waals surface area contributed by atoms with Crippen LogP contribution in [0.5, 0.6) is 0 Å². The molecule has 0 saturated carbocycles. The van der Waals surface area contributed by atoms with Crippen molar-refractivity contribution in [3.8, 4) is 0 Å². The summed E-state index contributed by atoms with van der Waals surface area (Å²) in [6.07, 6.45) is 5.82. The van der Waals surface area contributed by atoms with Gasteiger partial charge in [0.25, 0.3) is 5.91 Å². The number of carbonyl (C=O) groups excluding carboxylic acids is 1. The summed E-state index contributed by atoms with van der Waals surface area (Å²) in [5, 5.41) is 0. The molecule has 5 heteroatoms. The number of nitrogens with zero attached hydrogens (tertiary/aromatic N) is 2. The number of pyridine rings is 1. The molecule has 2 N–H and O–H groups in total. The summed E-state index contributed by atoms with van der Waals surface area (Å²) < 4.78 is 0.757. The number of amides is 1. The summed E-state index contributed by atoms with van der Waals surface area (Å²) in [6, 6.07) is 3.93. The first kappa shape index (κ1) is 13.5. The van der Waals surface area contributed by atoms with Crippen LogP contribution in [0.3, 0.4) is 0 Å². The molecule has 0 radical (unpaired) electrons. The molecule has 1 fully saturated rings.